The number of hydrogen-bond donors (Lipinski definition) is 0. The van der Waals surface area contributed by atoms with Crippen LogP contribution in [0.2, 0.25) is 0 Å². The maximum absolute atomic E-state index is 2.79. The van der Waals surface area contributed by atoms with E-state index in [9.17, 15) is 0 Å². The maximum Gasteiger partial charge on any atom is 0.0178 e. The largest absolute Gasteiger partial charge is 0.297 e. The summed E-state index contributed by atoms with van der Waals surface area (Å²) < 4.78 is 0. The third kappa shape index (κ3) is 2.16. The van der Waals surface area contributed by atoms with Crippen LogP contribution < -0.4 is 0 Å². The Bertz CT molecular complexity index is 236. The maximum atomic E-state index is 2.79. The molecule has 1 nitrogen and oxygen atoms in total. The molecule has 2 fully saturated rings. The van der Waals surface area contributed by atoms with Crippen LogP contribution in [0.15, 0.2) is 0 Å². The van der Waals surface area contributed by atoms with Crippen molar-refractivity contribution in [2.24, 2.45) is 17.3 Å². The summed E-state index contributed by atoms with van der Waals surface area (Å²) in [4.78, 5) is 2.79. The minimum absolute atomic E-state index is 0.445. The highest BCUT2D eigenvalue weighted by atomic mass is 15.2. The average molecular weight is 223 g/mol. The molecule has 0 aromatic rings. The summed E-state index contributed by atoms with van der Waals surface area (Å²) in [5.74, 6) is 1.98. The Labute approximate surface area is 102 Å². The zero-order chi connectivity index (χ0) is 11.9. The highest BCUT2D eigenvalue weighted by molar-refractivity contribution is 5.00. The van der Waals surface area contributed by atoms with Gasteiger partial charge in [0.05, 0.1) is 0 Å². The van der Waals surface area contributed by atoms with E-state index in [0.717, 1.165) is 23.9 Å². The number of nitrogens with zero attached hydrogens (tertiary/aromatic N) is 1. The molecule has 16 heavy (non-hydrogen) atoms. The second-order valence-corrected chi connectivity index (χ2v) is 7.31. The molecule has 0 spiro atoms. The van der Waals surface area contributed by atoms with Gasteiger partial charge in [-0.05, 0) is 43.9 Å². The third-order valence-corrected chi connectivity index (χ3v) is 4.73. The SMILES string of the molecule is CC(C)N1CC2CCCCC2C1C(C)(C)C. The Morgan fingerprint density at radius 3 is 2.25 bits per heavy atom. The van der Waals surface area contributed by atoms with Crippen molar-refractivity contribution in [3.05, 3.63) is 0 Å². The third-order valence-electron chi connectivity index (χ3n) is 4.73. The summed E-state index contributed by atoms with van der Waals surface area (Å²) in [5.41, 5.74) is 0.445. The Balaban J connectivity index is 2.21. The molecule has 1 heterocycles. The number of likely N-dealkylation sites (tertiary alicyclic amines) is 1. The van der Waals surface area contributed by atoms with Gasteiger partial charge in [0.25, 0.3) is 0 Å². The average Bonchev–Trinajstić information content (AvgIpc) is 2.55. The minimum atomic E-state index is 0.445. The van der Waals surface area contributed by atoms with Gasteiger partial charge in [-0.3, -0.25) is 4.90 Å². The molecule has 1 saturated carbocycles. The highest BCUT2D eigenvalue weighted by Crippen LogP contribution is 2.47. The van der Waals surface area contributed by atoms with E-state index in [2.05, 4.69) is 39.5 Å². The van der Waals surface area contributed by atoms with E-state index in [1.54, 1.807) is 0 Å². The summed E-state index contributed by atoms with van der Waals surface area (Å²) >= 11 is 0. The molecule has 3 unspecified atom stereocenters. The van der Waals surface area contributed by atoms with Crippen molar-refractivity contribution in [1.82, 2.24) is 4.90 Å². The second kappa shape index (κ2) is 4.33. The van der Waals surface area contributed by atoms with E-state index >= 15 is 0 Å². The van der Waals surface area contributed by atoms with Gasteiger partial charge in [0.2, 0.25) is 0 Å². The van der Waals surface area contributed by atoms with Gasteiger partial charge in [-0.25, -0.2) is 0 Å². The molecule has 1 aliphatic heterocycles. The van der Waals surface area contributed by atoms with Gasteiger partial charge in [-0.2, -0.15) is 0 Å². The van der Waals surface area contributed by atoms with E-state index in [1.807, 2.05) is 0 Å². The number of rotatable bonds is 1. The van der Waals surface area contributed by atoms with Crippen molar-refractivity contribution in [3.8, 4) is 0 Å². The van der Waals surface area contributed by atoms with Crippen LogP contribution in [-0.2, 0) is 0 Å². The van der Waals surface area contributed by atoms with E-state index < -0.39 is 0 Å². The lowest BCUT2D eigenvalue weighted by molar-refractivity contribution is 0.0786. The summed E-state index contributed by atoms with van der Waals surface area (Å²) in [6.07, 6.45) is 5.92. The van der Waals surface area contributed by atoms with Crippen molar-refractivity contribution >= 4 is 0 Å². The first-order chi connectivity index (χ1) is 7.41. The first kappa shape index (κ1) is 12.4. The van der Waals surface area contributed by atoms with Crippen LogP contribution in [0.4, 0.5) is 0 Å². The topological polar surface area (TPSA) is 3.24 Å². The number of fused-ring (bicyclic) bond motifs is 1. The lowest BCUT2D eigenvalue weighted by atomic mass is 9.71. The van der Waals surface area contributed by atoms with Crippen molar-refractivity contribution in [1.29, 1.82) is 0 Å². The molecule has 0 aromatic carbocycles. The van der Waals surface area contributed by atoms with Gasteiger partial charge in [-0.15, -0.1) is 0 Å². The summed E-state index contributed by atoms with van der Waals surface area (Å²) in [6, 6.07) is 1.53. The molecule has 1 aliphatic carbocycles. The molecule has 2 aliphatic rings. The Morgan fingerprint density at radius 1 is 1.06 bits per heavy atom. The smallest absolute Gasteiger partial charge is 0.0178 e. The van der Waals surface area contributed by atoms with Crippen LogP contribution >= 0.6 is 0 Å². The van der Waals surface area contributed by atoms with Crippen molar-refractivity contribution < 1.29 is 0 Å². The van der Waals surface area contributed by atoms with Crippen molar-refractivity contribution in [3.63, 3.8) is 0 Å². The monoisotopic (exact) mass is 223 g/mol. The fourth-order valence-corrected chi connectivity index (χ4v) is 4.18. The quantitative estimate of drug-likeness (QED) is 0.651. The van der Waals surface area contributed by atoms with Crippen LogP contribution in [-0.4, -0.2) is 23.5 Å². The molecular weight excluding hydrogens is 194 g/mol. The van der Waals surface area contributed by atoms with Crippen molar-refractivity contribution in [2.75, 3.05) is 6.54 Å². The lowest BCUT2D eigenvalue weighted by Gasteiger charge is -2.41. The molecule has 2 rings (SSSR count). The fourth-order valence-electron chi connectivity index (χ4n) is 4.18. The first-order valence-electron chi connectivity index (χ1n) is 7.17. The van der Waals surface area contributed by atoms with Gasteiger partial charge in [0, 0.05) is 18.6 Å². The molecule has 1 saturated heterocycles. The van der Waals surface area contributed by atoms with Crippen LogP contribution in [0.1, 0.15) is 60.3 Å². The molecule has 0 radical (unpaired) electrons. The second-order valence-electron chi connectivity index (χ2n) is 7.31. The standard InChI is InChI=1S/C15H29N/c1-11(2)16-10-12-8-6-7-9-13(12)14(16)15(3,4)5/h11-14H,6-10H2,1-5H3. The Hall–Kier alpha value is -0.0400. The molecule has 0 amide bonds. The van der Waals surface area contributed by atoms with Crippen LogP contribution in [0.25, 0.3) is 0 Å². The predicted molar refractivity (Wildman–Crippen MR) is 70.5 cm³/mol. The van der Waals surface area contributed by atoms with Gasteiger partial charge in [-0.1, -0.05) is 33.6 Å². The Morgan fingerprint density at radius 2 is 1.69 bits per heavy atom. The van der Waals surface area contributed by atoms with Gasteiger partial charge in [0.1, 0.15) is 0 Å². The van der Waals surface area contributed by atoms with E-state index in [4.69, 9.17) is 0 Å². The van der Waals surface area contributed by atoms with Crippen LogP contribution in [0, 0.1) is 17.3 Å². The van der Waals surface area contributed by atoms with Gasteiger partial charge >= 0.3 is 0 Å². The lowest BCUT2D eigenvalue weighted by Crippen LogP contribution is -2.46. The van der Waals surface area contributed by atoms with Crippen LogP contribution in [0.5, 0.6) is 0 Å². The van der Waals surface area contributed by atoms with E-state index in [-0.39, 0.29) is 0 Å². The molecule has 0 bridgehead atoms. The molecule has 0 aromatic heterocycles. The highest BCUT2D eigenvalue weighted by Gasteiger charge is 2.47. The number of hydrogen-bond acceptors (Lipinski definition) is 1. The normalized spacial score (nSPS) is 36.8. The molecule has 0 N–H and O–H groups in total. The fraction of sp³-hybridized carbons (Fsp3) is 1.00. The van der Waals surface area contributed by atoms with Crippen molar-refractivity contribution in [2.45, 2.75) is 72.4 Å². The zero-order valence-electron chi connectivity index (χ0n) is 11.8. The Kier molecular flexibility index (Phi) is 3.36. The van der Waals surface area contributed by atoms with Crippen LogP contribution in [0.3, 0.4) is 0 Å². The first-order valence-corrected chi connectivity index (χ1v) is 7.17. The zero-order valence-corrected chi connectivity index (χ0v) is 11.8. The summed E-state index contributed by atoms with van der Waals surface area (Å²) in [6.45, 7) is 13.4. The molecule has 1 heteroatoms. The van der Waals surface area contributed by atoms with E-state index in [0.29, 0.717) is 5.41 Å². The minimum Gasteiger partial charge on any atom is -0.297 e. The van der Waals surface area contributed by atoms with E-state index in [1.165, 1.54) is 32.2 Å². The van der Waals surface area contributed by atoms with Gasteiger partial charge in [0.15, 0.2) is 0 Å². The molecule has 94 valence electrons. The molecular formula is C15H29N. The summed E-state index contributed by atoms with van der Waals surface area (Å²) in [7, 11) is 0. The summed E-state index contributed by atoms with van der Waals surface area (Å²) in [5, 5.41) is 0. The van der Waals surface area contributed by atoms with Gasteiger partial charge < -0.3 is 0 Å². The predicted octanol–water partition coefficient (Wildman–Crippen LogP) is 3.93. The molecule has 3 atom stereocenters.